The van der Waals surface area contributed by atoms with Crippen LogP contribution in [0.25, 0.3) is 11.4 Å². The number of hydrogen-bond acceptors (Lipinski definition) is 9. The van der Waals surface area contributed by atoms with Gasteiger partial charge in [0, 0.05) is 49.2 Å². The standard InChI is InChI=1S/C21H19N7O5/c29-17(22-10-11-23-20-15-6-1-2-7-16(15)21(30)26-25-20)8-9-18-24-19(27-33-18)13-4-3-5-14(12-13)28(31)32/h1-7,12,16,23H,8-11H2,(H,22,29). The van der Waals surface area contributed by atoms with E-state index in [1.54, 1.807) is 18.2 Å². The lowest BCUT2D eigenvalue weighted by atomic mass is 9.93. The number of allylic oxidation sites excluding steroid dienone is 3. The Labute approximate surface area is 187 Å². The highest BCUT2D eigenvalue weighted by molar-refractivity contribution is 5.86. The molecule has 2 amide bonds. The molecule has 0 saturated carbocycles. The van der Waals surface area contributed by atoms with E-state index < -0.39 is 10.8 Å². The second-order valence-electron chi connectivity index (χ2n) is 7.16. The monoisotopic (exact) mass is 449 g/mol. The largest absolute Gasteiger partial charge is 0.367 e. The molecule has 0 saturated heterocycles. The predicted molar refractivity (Wildman–Crippen MR) is 114 cm³/mol. The summed E-state index contributed by atoms with van der Waals surface area (Å²) in [5.74, 6) is 0.0486. The second kappa shape index (κ2) is 9.77. The summed E-state index contributed by atoms with van der Waals surface area (Å²) in [6.45, 7) is 0.742. The maximum Gasteiger partial charge on any atom is 0.276 e. The molecule has 1 aromatic heterocycles. The van der Waals surface area contributed by atoms with Gasteiger partial charge in [-0.2, -0.15) is 4.98 Å². The summed E-state index contributed by atoms with van der Waals surface area (Å²) in [6.07, 6.45) is 7.56. The lowest BCUT2D eigenvalue weighted by Crippen LogP contribution is -2.33. The quantitative estimate of drug-likeness (QED) is 0.334. The van der Waals surface area contributed by atoms with Crippen LogP contribution in [0.5, 0.6) is 0 Å². The van der Waals surface area contributed by atoms with Crippen LogP contribution in [0.3, 0.4) is 0 Å². The van der Waals surface area contributed by atoms with Crippen molar-refractivity contribution < 1.29 is 19.0 Å². The third-order valence-electron chi connectivity index (χ3n) is 4.90. The Bertz CT molecular complexity index is 1210. The molecule has 2 aliphatic rings. The smallest absolute Gasteiger partial charge is 0.276 e. The van der Waals surface area contributed by atoms with Crippen molar-refractivity contribution in [3.8, 4) is 11.4 Å². The number of carbonyl (C=O) groups is 2. The van der Waals surface area contributed by atoms with Gasteiger partial charge in [-0.15, -0.1) is 10.2 Å². The summed E-state index contributed by atoms with van der Waals surface area (Å²) in [5, 5.41) is 28.1. The number of nitro groups is 1. The molecule has 4 rings (SSSR count). The number of benzene rings is 1. The molecule has 1 unspecified atom stereocenters. The van der Waals surface area contributed by atoms with E-state index in [9.17, 15) is 19.7 Å². The van der Waals surface area contributed by atoms with Crippen LogP contribution in [-0.2, 0) is 16.0 Å². The topological polar surface area (TPSA) is 165 Å². The van der Waals surface area contributed by atoms with E-state index >= 15 is 0 Å². The summed E-state index contributed by atoms with van der Waals surface area (Å²) in [6, 6.07) is 5.91. The molecule has 12 nitrogen and oxygen atoms in total. The molecule has 2 aromatic rings. The van der Waals surface area contributed by atoms with Crippen LogP contribution >= 0.6 is 0 Å². The van der Waals surface area contributed by atoms with E-state index in [4.69, 9.17) is 4.52 Å². The van der Waals surface area contributed by atoms with Crippen LogP contribution in [-0.4, -0.2) is 40.0 Å². The first-order valence-electron chi connectivity index (χ1n) is 10.1. The minimum Gasteiger partial charge on any atom is -0.367 e. The molecule has 0 fully saturated rings. The van der Waals surface area contributed by atoms with Crippen molar-refractivity contribution in [2.45, 2.75) is 12.8 Å². The van der Waals surface area contributed by atoms with Crippen molar-refractivity contribution in [3.63, 3.8) is 0 Å². The molecular formula is C21H19N7O5. The molecule has 33 heavy (non-hydrogen) atoms. The van der Waals surface area contributed by atoms with Gasteiger partial charge in [0.25, 0.3) is 11.6 Å². The van der Waals surface area contributed by atoms with Gasteiger partial charge < -0.3 is 15.2 Å². The van der Waals surface area contributed by atoms with Gasteiger partial charge in [-0.1, -0.05) is 41.6 Å². The Kier molecular flexibility index (Phi) is 6.43. The van der Waals surface area contributed by atoms with Crippen molar-refractivity contribution in [2.24, 2.45) is 16.1 Å². The van der Waals surface area contributed by atoms with Gasteiger partial charge in [-0.3, -0.25) is 19.7 Å². The average Bonchev–Trinajstić information content (AvgIpc) is 3.31. The number of nitro benzene ring substituents is 1. The molecule has 1 aromatic carbocycles. The fourth-order valence-corrected chi connectivity index (χ4v) is 3.26. The van der Waals surface area contributed by atoms with Crippen LogP contribution in [0, 0.1) is 16.0 Å². The lowest BCUT2D eigenvalue weighted by molar-refractivity contribution is -0.384. The first kappa shape index (κ1) is 21.7. The van der Waals surface area contributed by atoms with Crippen molar-refractivity contribution in [2.75, 3.05) is 13.1 Å². The molecule has 0 bridgehead atoms. The SMILES string of the molecule is O=C(CCc1nc(-c2cccc([N+](=O)[O-])c2)no1)NCCNC1=C2C=CC=CC2C(=O)N=N1. The third kappa shape index (κ3) is 5.23. The molecule has 1 aliphatic heterocycles. The summed E-state index contributed by atoms with van der Waals surface area (Å²) in [4.78, 5) is 38.5. The van der Waals surface area contributed by atoms with Crippen molar-refractivity contribution in [1.82, 2.24) is 20.8 Å². The van der Waals surface area contributed by atoms with Crippen LogP contribution in [0.4, 0.5) is 5.69 Å². The van der Waals surface area contributed by atoms with E-state index in [1.165, 1.54) is 18.2 Å². The van der Waals surface area contributed by atoms with Crippen LogP contribution < -0.4 is 10.6 Å². The highest BCUT2D eigenvalue weighted by Crippen LogP contribution is 2.27. The summed E-state index contributed by atoms with van der Waals surface area (Å²) < 4.78 is 5.14. The number of aryl methyl sites for hydroxylation is 1. The van der Waals surface area contributed by atoms with Gasteiger partial charge >= 0.3 is 0 Å². The highest BCUT2D eigenvalue weighted by atomic mass is 16.6. The number of hydrogen-bond donors (Lipinski definition) is 2. The summed E-state index contributed by atoms with van der Waals surface area (Å²) in [5.41, 5.74) is 1.13. The summed E-state index contributed by atoms with van der Waals surface area (Å²) in [7, 11) is 0. The van der Waals surface area contributed by atoms with E-state index in [0.717, 1.165) is 5.57 Å². The fraction of sp³-hybridized carbons (Fsp3) is 0.238. The molecule has 168 valence electrons. The van der Waals surface area contributed by atoms with E-state index in [1.807, 2.05) is 12.2 Å². The van der Waals surface area contributed by atoms with Crippen LogP contribution in [0.15, 0.2) is 74.7 Å². The second-order valence-corrected chi connectivity index (χ2v) is 7.16. The summed E-state index contributed by atoms with van der Waals surface area (Å²) >= 11 is 0. The zero-order chi connectivity index (χ0) is 23.2. The maximum absolute atomic E-state index is 12.1. The molecule has 2 N–H and O–H groups in total. The van der Waals surface area contributed by atoms with Gasteiger partial charge in [0.05, 0.1) is 10.8 Å². The molecule has 12 heteroatoms. The number of fused-ring (bicyclic) bond motifs is 1. The number of nitrogens with one attached hydrogen (secondary N) is 2. The molecule has 0 spiro atoms. The predicted octanol–water partition coefficient (Wildman–Crippen LogP) is 2.23. The minimum atomic E-state index is -0.501. The number of carbonyl (C=O) groups excluding carboxylic acids is 2. The first-order chi connectivity index (χ1) is 16.0. The zero-order valence-electron chi connectivity index (χ0n) is 17.3. The number of rotatable bonds is 9. The molecule has 2 heterocycles. The Morgan fingerprint density at radius 1 is 1.21 bits per heavy atom. The highest BCUT2D eigenvalue weighted by Gasteiger charge is 2.27. The van der Waals surface area contributed by atoms with E-state index in [0.29, 0.717) is 24.5 Å². The zero-order valence-corrected chi connectivity index (χ0v) is 17.3. The Balaban J connectivity index is 1.22. The van der Waals surface area contributed by atoms with Crippen LogP contribution in [0.1, 0.15) is 12.3 Å². The van der Waals surface area contributed by atoms with E-state index in [-0.39, 0.29) is 42.1 Å². The molecule has 1 aliphatic carbocycles. The number of azo groups is 1. The number of nitrogens with zero attached hydrogens (tertiary/aromatic N) is 5. The van der Waals surface area contributed by atoms with E-state index in [2.05, 4.69) is 31.0 Å². The van der Waals surface area contributed by atoms with Gasteiger partial charge in [0.15, 0.2) is 5.82 Å². The number of amides is 2. The average molecular weight is 449 g/mol. The van der Waals surface area contributed by atoms with Gasteiger partial charge in [0.1, 0.15) is 0 Å². The Hall–Kier alpha value is -4.48. The van der Waals surface area contributed by atoms with Crippen LogP contribution in [0.2, 0.25) is 0 Å². The van der Waals surface area contributed by atoms with Gasteiger partial charge in [-0.05, 0) is 0 Å². The normalized spacial score (nSPS) is 16.6. The Morgan fingerprint density at radius 2 is 2.09 bits per heavy atom. The van der Waals surface area contributed by atoms with Crippen molar-refractivity contribution >= 4 is 17.5 Å². The Morgan fingerprint density at radius 3 is 2.94 bits per heavy atom. The molecular weight excluding hydrogens is 430 g/mol. The van der Waals surface area contributed by atoms with Crippen molar-refractivity contribution in [3.05, 3.63) is 76.0 Å². The van der Waals surface area contributed by atoms with Gasteiger partial charge in [0.2, 0.25) is 17.6 Å². The molecule has 0 radical (unpaired) electrons. The minimum absolute atomic E-state index is 0.0730. The molecule has 1 atom stereocenters. The van der Waals surface area contributed by atoms with Crippen molar-refractivity contribution in [1.29, 1.82) is 0 Å². The number of non-ortho nitro benzene ring substituents is 1. The first-order valence-corrected chi connectivity index (χ1v) is 10.1. The van der Waals surface area contributed by atoms with Gasteiger partial charge in [-0.25, -0.2) is 0 Å². The lowest BCUT2D eigenvalue weighted by Gasteiger charge is -2.20. The fourth-order valence-electron chi connectivity index (χ4n) is 3.26. The maximum atomic E-state index is 12.1. The number of aromatic nitrogens is 2. The third-order valence-corrected chi connectivity index (χ3v) is 4.90.